The molecule has 0 N–H and O–H groups in total. The third-order valence-electron chi connectivity index (χ3n) is 2.59. The molecule has 0 bridgehead atoms. The molecule has 76 valence electrons. The first kappa shape index (κ1) is 9.60. The van der Waals surface area contributed by atoms with Crippen LogP contribution in [0.5, 0.6) is 5.88 Å². The smallest absolute Gasteiger partial charge is 0.217 e. The van der Waals surface area contributed by atoms with E-state index in [1.165, 1.54) is 0 Å². The Morgan fingerprint density at radius 1 is 1.33 bits per heavy atom. The van der Waals surface area contributed by atoms with Crippen molar-refractivity contribution in [3.05, 3.63) is 45.0 Å². The fraction of sp³-hybridized carbons (Fsp3) is 0.182. The van der Waals surface area contributed by atoms with Crippen molar-refractivity contribution in [2.24, 2.45) is 0 Å². The highest BCUT2D eigenvalue weighted by Crippen LogP contribution is 2.42. The highest BCUT2D eigenvalue weighted by Gasteiger charge is 2.34. The zero-order valence-electron chi connectivity index (χ0n) is 7.65. The molecule has 0 radical (unpaired) electrons. The van der Waals surface area contributed by atoms with E-state index in [4.69, 9.17) is 4.74 Å². The molecule has 0 aromatic carbocycles. The van der Waals surface area contributed by atoms with E-state index < -0.39 is 0 Å². The number of ether oxygens (including phenoxy) is 1. The van der Waals surface area contributed by atoms with Crippen LogP contribution in [0.2, 0.25) is 0 Å². The molecule has 0 saturated heterocycles. The first-order valence-electron chi connectivity index (χ1n) is 4.61. The standard InChI is InChI=1S/C11H7Br2NO/c12-6-1-2-10-8(3-6)9-4-7(13)5-14-11(9)15-10/h1-5,8,10H/t8-,10?/m0/s1. The molecule has 3 rings (SSSR count). The Hall–Kier alpha value is -0.610. The number of halogens is 2. The predicted octanol–water partition coefficient (Wildman–Crippen LogP) is 3.54. The van der Waals surface area contributed by atoms with Gasteiger partial charge in [0.2, 0.25) is 5.88 Å². The van der Waals surface area contributed by atoms with Crippen LogP contribution in [-0.4, -0.2) is 11.1 Å². The molecule has 1 aliphatic carbocycles. The summed E-state index contributed by atoms with van der Waals surface area (Å²) in [5.74, 6) is 1.03. The van der Waals surface area contributed by atoms with E-state index in [1.54, 1.807) is 6.20 Å². The van der Waals surface area contributed by atoms with Crippen LogP contribution in [0.4, 0.5) is 0 Å². The molecule has 1 aliphatic heterocycles. The summed E-state index contributed by atoms with van der Waals surface area (Å²) in [6.45, 7) is 0. The average molecular weight is 329 g/mol. The quantitative estimate of drug-likeness (QED) is 0.726. The summed E-state index contributed by atoms with van der Waals surface area (Å²) in [4.78, 5) is 4.26. The molecular weight excluding hydrogens is 322 g/mol. The topological polar surface area (TPSA) is 22.1 Å². The van der Waals surface area contributed by atoms with Gasteiger partial charge in [0.15, 0.2) is 0 Å². The number of allylic oxidation sites excluding steroid dienone is 2. The fourth-order valence-corrected chi connectivity index (χ4v) is 2.70. The minimum Gasteiger partial charge on any atom is -0.469 e. The van der Waals surface area contributed by atoms with Gasteiger partial charge in [-0.2, -0.15) is 0 Å². The highest BCUT2D eigenvalue weighted by molar-refractivity contribution is 9.12. The van der Waals surface area contributed by atoms with E-state index in [1.807, 2.05) is 6.08 Å². The maximum atomic E-state index is 5.73. The average Bonchev–Trinajstić information content (AvgIpc) is 2.56. The molecule has 2 aliphatic rings. The van der Waals surface area contributed by atoms with E-state index in [0.717, 1.165) is 20.4 Å². The normalized spacial score (nSPS) is 26.7. The Morgan fingerprint density at radius 3 is 3.07 bits per heavy atom. The minimum atomic E-state index is 0.100. The number of hydrogen-bond donors (Lipinski definition) is 0. The van der Waals surface area contributed by atoms with Crippen molar-refractivity contribution < 1.29 is 4.74 Å². The number of fused-ring (bicyclic) bond motifs is 3. The number of nitrogens with zero attached hydrogens (tertiary/aromatic N) is 1. The third-order valence-corrected chi connectivity index (χ3v) is 3.55. The van der Waals surface area contributed by atoms with Gasteiger partial charge in [0.1, 0.15) is 6.10 Å². The second-order valence-corrected chi connectivity index (χ2v) is 5.40. The van der Waals surface area contributed by atoms with Gasteiger partial charge in [0.25, 0.3) is 0 Å². The Bertz CT molecular complexity index is 481. The van der Waals surface area contributed by atoms with Crippen molar-refractivity contribution in [2.75, 3.05) is 0 Å². The molecule has 1 aromatic rings. The number of pyridine rings is 1. The number of aromatic nitrogens is 1. The van der Waals surface area contributed by atoms with Crippen LogP contribution >= 0.6 is 31.9 Å². The van der Waals surface area contributed by atoms with Crippen LogP contribution in [-0.2, 0) is 0 Å². The molecule has 15 heavy (non-hydrogen) atoms. The summed E-state index contributed by atoms with van der Waals surface area (Å²) < 4.78 is 7.82. The second-order valence-electron chi connectivity index (χ2n) is 3.57. The van der Waals surface area contributed by atoms with E-state index in [-0.39, 0.29) is 12.0 Å². The van der Waals surface area contributed by atoms with E-state index in [9.17, 15) is 0 Å². The lowest BCUT2D eigenvalue weighted by Crippen LogP contribution is -2.16. The summed E-state index contributed by atoms with van der Waals surface area (Å²) in [6, 6.07) is 2.07. The third kappa shape index (κ3) is 1.56. The lowest BCUT2D eigenvalue weighted by molar-refractivity contribution is 0.260. The maximum absolute atomic E-state index is 5.73. The number of hydrogen-bond acceptors (Lipinski definition) is 2. The Kier molecular flexibility index (Phi) is 2.21. The molecule has 0 fully saturated rings. The summed E-state index contributed by atoms with van der Waals surface area (Å²) in [6.07, 6.45) is 8.10. The molecule has 0 saturated carbocycles. The number of rotatable bonds is 0. The van der Waals surface area contributed by atoms with Crippen LogP contribution in [0.1, 0.15) is 11.5 Å². The van der Waals surface area contributed by atoms with Crippen LogP contribution in [0.15, 0.2) is 39.4 Å². The van der Waals surface area contributed by atoms with Crippen molar-refractivity contribution >= 4 is 31.9 Å². The van der Waals surface area contributed by atoms with Gasteiger partial charge < -0.3 is 4.74 Å². The van der Waals surface area contributed by atoms with E-state index >= 15 is 0 Å². The van der Waals surface area contributed by atoms with Gasteiger partial charge in [-0.1, -0.05) is 22.0 Å². The Labute approximate surface area is 104 Å². The molecule has 1 aromatic heterocycles. The van der Waals surface area contributed by atoms with Gasteiger partial charge in [-0.15, -0.1) is 0 Å². The highest BCUT2D eigenvalue weighted by atomic mass is 79.9. The maximum Gasteiger partial charge on any atom is 0.217 e. The second kappa shape index (κ2) is 3.46. The van der Waals surface area contributed by atoms with Gasteiger partial charge in [0.05, 0.1) is 0 Å². The molecule has 2 heterocycles. The van der Waals surface area contributed by atoms with Gasteiger partial charge in [-0.05, 0) is 34.1 Å². The Morgan fingerprint density at radius 2 is 2.20 bits per heavy atom. The summed E-state index contributed by atoms with van der Waals surface area (Å²) in [5, 5.41) is 0. The first-order chi connectivity index (χ1) is 7.24. The summed E-state index contributed by atoms with van der Waals surface area (Å²) in [7, 11) is 0. The molecule has 0 amide bonds. The zero-order valence-corrected chi connectivity index (χ0v) is 10.8. The molecule has 1 unspecified atom stereocenters. The summed E-state index contributed by atoms with van der Waals surface area (Å²) >= 11 is 6.91. The van der Waals surface area contributed by atoms with Crippen molar-refractivity contribution in [3.63, 3.8) is 0 Å². The van der Waals surface area contributed by atoms with E-state index in [0.29, 0.717) is 0 Å². The predicted molar refractivity (Wildman–Crippen MR) is 65.2 cm³/mol. The lowest BCUT2D eigenvalue weighted by Gasteiger charge is -2.15. The van der Waals surface area contributed by atoms with Crippen molar-refractivity contribution in [1.29, 1.82) is 0 Å². The fourth-order valence-electron chi connectivity index (χ4n) is 1.92. The minimum absolute atomic E-state index is 0.100. The van der Waals surface area contributed by atoms with Gasteiger partial charge in [-0.3, -0.25) is 0 Å². The molecule has 2 atom stereocenters. The monoisotopic (exact) mass is 327 g/mol. The zero-order chi connectivity index (χ0) is 10.4. The van der Waals surface area contributed by atoms with Gasteiger partial charge in [-0.25, -0.2) is 4.98 Å². The largest absolute Gasteiger partial charge is 0.469 e. The molecule has 0 spiro atoms. The van der Waals surface area contributed by atoms with Crippen LogP contribution in [0.3, 0.4) is 0 Å². The molecular formula is C11H7Br2NO. The van der Waals surface area contributed by atoms with Gasteiger partial charge >= 0.3 is 0 Å². The molecule has 2 nitrogen and oxygen atoms in total. The van der Waals surface area contributed by atoms with Crippen molar-refractivity contribution in [1.82, 2.24) is 4.98 Å². The molecule has 4 heteroatoms. The van der Waals surface area contributed by atoms with Crippen LogP contribution in [0, 0.1) is 0 Å². The van der Waals surface area contributed by atoms with Gasteiger partial charge in [0, 0.05) is 26.6 Å². The lowest BCUT2D eigenvalue weighted by atomic mass is 9.93. The Balaban J connectivity index is 2.11. The first-order valence-corrected chi connectivity index (χ1v) is 6.20. The SMILES string of the molecule is BrC1=C[C@H]2c3cc(Br)cnc3OC2C=C1. The van der Waals surface area contributed by atoms with Crippen LogP contribution < -0.4 is 4.74 Å². The van der Waals surface area contributed by atoms with E-state index in [2.05, 4.69) is 55.1 Å². The van der Waals surface area contributed by atoms with Crippen molar-refractivity contribution in [3.8, 4) is 5.88 Å². The summed E-state index contributed by atoms with van der Waals surface area (Å²) in [5.41, 5.74) is 1.15. The van der Waals surface area contributed by atoms with Crippen molar-refractivity contribution in [2.45, 2.75) is 12.0 Å². The van der Waals surface area contributed by atoms with Crippen LogP contribution in [0.25, 0.3) is 0 Å².